The summed E-state index contributed by atoms with van der Waals surface area (Å²) in [5, 5.41) is 6.92. The highest BCUT2D eigenvalue weighted by Gasteiger charge is 2.17. The van der Waals surface area contributed by atoms with Crippen LogP contribution in [0.5, 0.6) is 0 Å². The third-order valence-electron chi connectivity index (χ3n) is 5.33. The standard InChI is InChI=1S/C19H32N6/c1-3-24-10-12-25(13-11-24)18-9-8-16(14-21-18)15-22-19(20-2)23-17-6-4-5-7-17/h8-9,14,17H,3-7,10-13,15H2,1-2H3,(H2,20,22,23). The summed E-state index contributed by atoms with van der Waals surface area (Å²) in [6.45, 7) is 8.51. The monoisotopic (exact) mass is 344 g/mol. The maximum atomic E-state index is 4.67. The summed E-state index contributed by atoms with van der Waals surface area (Å²) in [7, 11) is 1.83. The number of hydrogen-bond acceptors (Lipinski definition) is 4. The summed E-state index contributed by atoms with van der Waals surface area (Å²) in [4.78, 5) is 13.9. The minimum atomic E-state index is 0.577. The normalized spacial score (nSPS) is 20.1. The van der Waals surface area contributed by atoms with E-state index in [-0.39, 0.29) is 0 Å². The Bertz CT molecular complexity index is 542. The maximum absolute atomic E-state index is 4.67. The minimum Gasteiger partial charge on any atom is -0.354 e. The summed E-state index contributed by atoms with van der Waals surface area (Å²) in [6, 6.07) is 4.89. The molecule has 0 atom stereocenters. The summed E-state index contributed by atoms with van der Waals surface area (Å²) in [5.41, 5.74) is 1.19. The molecular formula is C19H32N6. The fourth-order valence-corrected chi connectivity index (χ4v) is 3.65. The van der Waals surface area contributed by atoms with Crippen LogP contribution in [0.15, 0.2) is 23.3 Å². The number of nitrogens with one attached hydrogen (secondary N) is 2. The van der Waals surface area contributed by atoms with Crippen molar-refractivity contribution in [2.24, 2.45) is 4.99 Å². The summed E-state index contributed by atoms with van der Waals surface area (Å²) >= 11 is 0. The van der Waals surface area contributed by atoms with Gasteiger partial charge in [-0.2, -0.15) is 0 Å². The highest BCUT2D eigenvalue weighted by molar-refractivity contribution is 5.79. The van der Waals surface area contributed by atoms with Crippen molar-refractivity contribution in [3.63, 3.8) is 0 Å². The van der Waals surface area contributed by atoms with Gasteiger partial charge in [0.1, 0.15) is 5.82 Å². The molecule has 0 aromatic carbocycles. The van der Waals surface area contributed by atoms with Crippen LogP contribution in [0.3, 0.4) is 0 Å². The number of guanidine groups is 1. The van der Waals surface area contributed by atoms with Gasteiger partial charge in [-0.15, -0.1) is 0 Å². The van der Waals surface area contributed by atoms with E-state index in [4.69, 9.17) is 0 Å². The predicted octanol–water partition coefficient (Wildman–Crippen LogP) is 1.83. The van der Waals surface area contributed by atoms with Gasteiger partial charge in [0.25, 0.3) is 0 Å². The molecule has 2 N–H and O–H groups in total. The average Bonchev–Trinajstić information content (AvgIpc) is 3.19. The molecule has 1 aromatic rings. The van der Waals surface area contributed by atoms with Crippen LogP contribution in [0.2, 0.25) is 0 Å². The second kappa shape index (κ2) is 9.04. The molecule has 1 saturated heterocycles. The quantitative estimate of drug-likeness (QED) is 0.630. The number of nitrogens with zero attached hydrogens (tertiary/aromatic N) is 4. The van der Waals surface area contributed by atoms with Crippen LogP contribution < -0.4 is 15.5 Å². The lowest BCUT2D eigenvalue weighted by atomic mass is 10.2. The Balaban J connectivity index is 1.47. The van der Waals surface area contributed by atoms with Crippen LogP contribution in [0, 0.1) is 0 Å². The molecule has 2 aliphatic rings. The Morgan fingerprint density at radius 1 is 1.20 bits per heavy atom. The van der Waals surface area contributed by atoms with E-state index in [0.717, 1.165) is 51.0 Å². The van der Waals surface area contributed by atoms with E-state index in [9.17, 15) is 0 Å². The molecule has 2 heterocycles. The molecule has 25 heavy (non-hydrogen) atoms. The molecule has 1 saturated carbocycles. The lowest BCUT2D eigenvalue weighted by Gasteiger charge is -2.34. The summed E-state index contributed by atoms with van der Waals surface area (Å²) in [6.07, 6.45) is 7.14. The molecule has 0 radical (unpaired) electrons. The van der Waals surface area contributed by atoms with Crippen LogP contribution >= 0.6 is 0 Å². The fraction of sp³-hybridized carbons (Fsp3) is 0.684. The highest BCUT2D eigenvalue weighted by Crippen LogP contribution is 2.17. The van der Waals surface area contributed by atoms with Crippen LogP contribution in [-0.4, -0.2) is 61.7 Å². The van der Waals surface area contributed by atoms with Crippen molar-refractivity contribution in [2.45, 2.75) is 45.2 Å². The fourth-order valence-electron chi connectivity index (χ4n) is 3.65. The van der Waals surface area contributed by atoms with Crippen molar-refractivity contribution in [1.29, 1.82) is 0 Å². The Labute approximate surface area is 151 Å². The van der Waals surface area contributed by atoms with Crippen molar-refractivity contribution in [3.8, 4) is 0 Å². The molecular weight excluding hydrogens is 312 g/mol. The van der Waals surface area contributed by atoms with E-state index in [1.54, 1.807) is 0 Å². The van der Waals surface area contributed by atoms with E-state index in [2.05, 4.69) is 49.5 Å². The van der Waals surface area contributed by atoms with Gasteiger partial charge in [-0.3, -0.25) is 4.99 Å². The Morgan fingerprint density at radius 3 is 2.56 bits per heavy atom. The number of pyridine rings is 1. The van der Waals surface area contributed by atoms with Gasteiger partial charge >= 0.3 is 0 Å². The zero-order chi connectivity index (χ0) is 17.5. The second-order valence-corrected chi connectivity index (χ2v) is 7.00. The van der Waals surface area contributed by atoms with Crippen molar-refractivity contribution in [2.75, 3.05) is 44.7 Å². The van der Waals surface area contributed by atoms with E-state index in [0.29, 0.717) is 6.04 Å². The van der Waals surface area contributed by atoms with Crippen LogP contribution in [0.4, 0.5) is 5.82 Å². The molecule has 0 spiro atoms. The average molecular weight is 345 g/mol. The molecule has 0 bridgehead atoms. The van der Waals surface area contributed by atoms with Gasteiger partial charge in [-0.1, -0.05) is 25.8 Å². The van der Waals surface area contributed by atoms with Crippen LogP contribution in [0.25, 0.3) is 0 Å². The van der Waals surface area contributed by atoms with E-state index in [1.165, 1.54) is 31.2 Å². The van der Waals surface area contributed by atoms with Gasteiger partial charge < -0.3 is 20.4 Å². The van der Waals surface area contributed by atoms with Gasteiger partial charge in [-0.05, 0) is 31.0 Å². The SMILES string of the molecule is CCN1CCN(c2ccc(CNC(=NC)NC3CCCC3)cn2)CC1. The van der Waals surface area contributed by atoms with Crippen molar-refractivity contribution < 1.29 is 0 Å². The van der Waals surface area contributed by atoms with E-state index >= 15 is 0 Å². The zero-order valence-electron chi connectivity index (χ0n) is 15.7. The summed E-state index contributed by atoms with van der Waals surface area (Å²) < 4.78 is 0. The smallest absolute Gasteiger partial charge is 0.191 e. The molecule has 6 nitrogen and oxygen atoms in total. The molecule has 6 heteroatoms. The first-order chi connectivity index (χ1) is 12.3. The minimum absolute atomic E-state index is 0.577. The number of aromatic nitrogens is 1. The second-order valence-electron chi connectivity index (χ2n) is 7.00. The first-order valence-electron chi connectivity index (χ1n) is 9.68. The lowest BCUT2D eigenvalue weighted by molar-refractivity contribution is 0.270. The molecule has 2 fully saturated rings. The van der Waals surface area contributed by atoms with Gasteiger partial charge in [0.15, 0.2) is 5.96 Å². The molecule has 0 unspecified atom stereocenters. The number of anilines is 1. The number of rotatable bonds is 5. The maximum Gasteiger partial charge on any atom is 0.191 e. The zero-order valence-corrected chi connectivity index (χ0v) is 15.7. The molecule has 3 rings (SSSR count). The topological polar surface area (TPSA) is 55.8 Å². The molecule has 138 valence electrons. The van der Waals surface area contributed by atoms with Gasteiger partial charge in [0.05, 0.1) is 0 Å². The molecule has 1 aromatic heterocycles. The van der Waals surface area contributed by atoms with E-state index in [1.807, 2.05) is 13.2 Å². The Kier molecular flexibility index (Phi) is 6.50. The number of piperazine rings is 1. The first-order valence-corrected chi connectivity index (χ1v) is 9.68. The Morgan fingerprint density at radius 2 is 1.96 bits per heavy atom. The largest absolute Gasteiger partial charge is 0.354 e. The number of aliphatic imine (C=N–C) groups is 1. The van der Waals surface area contributed by atoms with Gasteiger partial charge in [0.2, 0.25) is 0 Å². The van der Waals surface area contributed by atoms with Crippen LogP contribution in [0.1, 0.15) is 38.2 Å². The number of likely N-dealkylation sites (N-methyl/N-ethyl adjacent to an activating group) is 1. The summed E-state index contributed by atoms with van der Waals surface area (Å²) in [5.74, 6) is 1.99. The first kappa shape index (κ1) is 18.0. The third-order valence-corrected chi connectivity index (χ3v) is 5.33. The molecule has 0 amide bonds. The molecule has 1 aliphatic heterocycles. The molecule has 1 aliphatic carbocycles. The number of hydrogen-bond donors (Lipinski definition) is 2. The lowest BCUT2D eigenvalue weighted by Crippen LogP contribution is -2.46. The van der Waals surface area contributed by atoms with Gasteiger partial charge in [-0.25, -0.2) is 4.98 Å². The van der Waals surface area contributed by atoms with Crippen molar-refractivity contribution >= 4 is 11.8 Å². The van der Waals surface area contributed by atoms with E-state index < -0.39 is 0 Å². The van der Waals surface area contributed by atoms with Crippen molar-refractivity contribution in [1.82, 2.24) is 20.5 Å². The van der Waals surface area contributed by atoms with Gasteiger partial charge in [0, 0.05) is 52.0 Å². The predicted molar refractivity (Wildman–Crippen MR) is 104 cm³/mol. The third kappa shape index (κ3) is 5.08. The highest BCUT2D eigenvalue weighted by atomic mass is 15.3. The van der Waals surface area contributed by atoms with Crippen LogP contribution in [-0.2, 0) is 6.54 Å². The van der Waals surface area contributed by atoms with Crippen molar-refractivity contribution in [3.05, 3.63) is 23.9 Å². The Hall–Kier alpha value is -1.82.